The second-order valence-corrected chi connectivity index (χ2v) is 16.7. The molecule has 0 unspecified atom stereocenters. The van der Waals surface area contributed by atoms with Crippen LogP contribution in [0.4, 0.5) is 0 Å². The minimum absolute atomic E-state index is 0.905. The van der Waals surface area contributed by atoms with Gasteiger partial charge in [-0.05, 0) is 64.5 Å². The predicted octanol–water partition coefficient (Wildman–Crippen LogP) is 15.9. The van der Waals surface area contributed by atoms with E-state index in [1.54, 1.807) is 0 Å². The fourth-order valence-corrected chi connectivity index (χ4v) is 9.87. The van der Waals surface area contributed by atoms with Gasteiger partial charge in [0.1, 0.15) is 0 Å². The highest BCUT2D eigenvalue weighted by Crippen LogP contribution is 2.44. The molecule has 0 amide bonds. The van der Waals surface area contributed by atoms with E-state index in [2.05, 4.69) is 217 Å². The van der Waals surface area contributed by atoms with E-state index in [-0.39, 0.29) is 0 Å². The summed E-state index contributed by atoms with van der Waals surface area (Å²) in [6.07, 6.45) is 0. The van der Waals surface area contributed by atoms with Gasteiger partial charge in [-0.3, -0.25) is 0 Å². The maximum absolute atomic E-state index is 5.65. The molecule has 9 aromatic carbocycles. The third kappa shape index (κ3) is 6.11. The lowest BCUT2D eigenvalue weighted by Gasteiger charge is -2.15. The molecule has 13 rings (SSSR count). The Kier molecular flexibility index (Phi) is 8.50. The quantitative estimate of drug-likeness (QED) is 0.157. The number of para-hydroxylation sites is 3. The van der Waals surface area contributed by atoms with E-state index in [0.717, 1.165) is 94.4 Å². The van der Waals surface area contributed by atoms with Gasteiger partial charge in [-0.15, -0.1) is 0 Å². The Labute approximate surface area is 375 Å². The van der Waals surface area contributed by atoms with Gasteiger partial charge >= 0.3 is 0 Å². The number of hydrogen-bond acceptors (Lipinski definition) is 3. The molecule has 4 heteroatoms. The summed E-state index contributed by atoms with van der Waals surface area (Å²) in [6.45, 7) is 0. The standard InChI is InChI=1S/C61H38N4/c1-4-14-41(15-5-1)52-35-32-43-30-31-44-33-36-53(63-60(44)59(43)62-52)46-19-12-18-45(38-46)39-26-28-40(29-27-39)48-23-13-24-50-49-34-37-55-56(57(49)58(64-61(48)50)42-16-6-2-7-17-42)51-22-10-11-25-54(51)65(55)47-20-8-3-9-21-47/h1-38H. The van der Waals surface area contributed by atoms with Gasteiger partial charge in [0, 0.05) is 60.3 Å². The number of rotatable bonds is 6. The van der Waals surface area contributed by atoms with Crippen LogP contribution in [0.1, 0.15) is 0 Å². The molecule has 0 aliphatic carbocycles. The van der Waals surface area contributed by atoms with Gasteiger partial charge in [-0.2, -0.15) is 0 Å². The molecule has 65 heavy (non-hydrogen) atoms. The van der Waals surface area contributed by atoms with Crippen LogP contribution in [-0.2, 0) is 0 Å². The number of pyridine rings is 3. The van der Waals surface area contributed by atoms with Crippen molar-refractivity contribution in [3.05, 3.63) is 231 Å². The van der Waals surface area contributed by atoms with Crippen molar-refractivity contribution in [3.63, 3.8) is 0 Å². The van der Waals surface area contributed by atoms with Crippen LogP contribution in [-0.4, -0.2) is 19.5 Å². The summed E-state index contributed by atoms with van der Waals surface area (Å²) in [5.41, 5.74) is 16.9. The normalized spacial score (nSPS) is 11.7. The molecule has 0 bridgehead atoms. The third-order valence-corrected chi connectivity index (χ3v) is 13.0. The molecule has 0 spiro atoms. The minimum Gasteiger partial charge on any atom is -0.309 e. The molecule has 0 aliphatic rings. The fraction of sp³-hybridized carbons (Fsp3) is 0. The lowest BCUT2D eigenvalue weighted by Crippen LogP contribution is -1.95. The number of hydrogen-bond donors (Lipinski definition) is 0. The molecule has 0 atom stereocenters. The van der Waals surface area contributed by atoms with E-state index in [1.165, 1.54) is 32.6 Å². The van der Waals surface area contributed by atoms with E-state index in [1.807, 2.05) is 18.2 Å². The molecular weight excluding hydrogens is 789 g/mol. The van der Waals surface area contributed by atoms with Crippen LogP contribution in [0.5, 0.6) is 0 Å². The zero-order chi connectivity index (χ0) is 42.8. The van der Waals surface area contributed by atoms with Gasteiger partial charge in [0.15, 0.2) is 0 Å². The van der Waals surface area contributed by atoms with E-state index in [0.29, 0.717) is 0 Å². The maximum atomic E-state index is 5.65. The molecule has 0 saturated carbocycles. The number of aromatic nitrogens is 4. The number of nitrogens with zero attached hydrogens (tertiary/aromatic N) is 4. The van der Waals surface area contributed by atoms with Crippen LogP contribution in [0.15, 0.2) is 231 Å². The first-order chi connectivity index (χ1) is 32.2. The van der Waals surface area contributed by atoms with Gasteiger partial charge in [0.2, 0.25) is 0 Å². The summed E-state index contributed by atoms with van der Waals surface area (Å²) >= 11 is 0. The Hall–Kier alpha value is -8.73. The van der Waals surface area contributed by atoms with Crippen molar-refractivity contribution in [1.82, 2.24) is 19.5 Å². The highest BCUT2D eigenvalue weighted by Gasteiger charge is 2.21. The minimum atomic E-state index is 0.905. The van der Waals surface area contributed by atoms with Crippen molar-refractivity contribution in [3.8, 4) is 61.7 Å². The Balaban J connectivity index is 0.918. The smallest absolute Gasteiger partial charge is 0.0972 e. The van der Waals surface area contributed by atoms with Crippen molar-refractivity contribution in [2.24, 2.45) is 0 Å². The van der Waals surface area contributed by atoms with E-state index in [9.17, 15) is 0 Å². The zero-order valence-electron chi connectivity index (χ0n) is 35.2. The molecule has 0 radical (unpaired) electrons. The van der Waals surface area contributed by atoms with Crippen LogP contribution < -0.4 is 0 Å². The zero-order valence-corrected chi connectivity index (χ0v) is 35.2. The van der Waals surface area contributed by atoms with Gasteiger partial charge in [-0.25, -0.2) is 15.0 Å². The monoisotopic (exact) mass is 826 g/mol. The van der Waals surface area contributed by atoms with E-state index in [4.69, 9.17) is 15.0 Å². The number of fused-ring (bicyclic) bond motifs is 10. The highest BCUT2D eigenvalue weighted by molar-refractivity contribution is 6.29. The predicted molar refractivity (Wildman–Crippen MR) is 271 cm³/mol. The van der Waals surface area contributed by atoms with Crippen LogP contribution in [0.25, 0.3) is 127 Å². The van der Waals surface area contributed by atoms with E-state index < -0.39 is 0 Å². The highest BCUT2D eigenvalue weighted by atomic mass is 15.0. The summed E-state index contributed by atoms with van der Waals surface area (Å²) in [4.78, 5) is 16.0. The summed E-state index contributed by atoms with van der Waals surface area (Å²) in [5.74, 6) is 0. The summed E-state index contributed by atoms with van der Waals surface area (Å²) in [6, 6.07) is 82.0. The SMILES string of the molecule is c1ccc(-c2ccc3ccc4ccc(-c5cccc(-c6ccc(-c7cccc8c7nc(-c7ccccc7)c7c8ccc8c7c7ccccc7n8-c7ccccc7)cc6)c5)nc4c3n2)cc1. The Morgan fingerprint density at radius 2 is 0.862 bits per heavy atom. The first kappa shape index (κ1) is 36.9. The second-order valence-electron chi connectivity index (χ2n) is 16.7. The third-order valence-electron chi connectivity index (χ3n) is 13.0. The fourth-order valence-electron chi connectivity index (χ4n) is 9.87. The first-order valence-electron chi connectivity index (χ1n) is 22.1. The van der Waals surface area contributed by atoms with Gasteiger partial charge in [-0.1, -0.05) is 188 Å². The maximum Gasteiger partial charge on any atom is 0.0972 e. The van der Waals surface area contributed by atoms with Crippen molar-refractivity contribution < 1.29 is 0 Å². The Morgan fingerprint density at radius 3 is 1.60 bits per heavy atom. The van der Waals surface area contributed by atoms with Crippen molar-refractivity contribution in [2.45, 2.75) is 0 Å². The Bertz CT molecular complexity index is 3970. The van der Waals surface area contributed by atoms with Gasteiger partial charge < -0.3 is 4.57 Å². The largest absolute Gasteiger partial charge is 0.309 e. The van der Waals surface area contributed by atoms with Crippen LogP contribution in [0, 0.1) is 0 Å². The summed E-state index contributed by atoms with van der Waals surface area (Å²) < 4.78 is 2.38. The topological polar surface area (TPSA) is 43.6 Å². The number of benzene rings is 9. The lowest BCUT2D eigenvalue weighted by atomic mass is 9.93. The van der Waals surface area contributed by atoms with Crippen LogP contribution in [0.2, 0.25) is 0 Å². The van der Waals surface area contributed by atoms with Crippen molar-refractivity contribution in [2.75, 3.05) is 0 Å². The molecule has 13 aromatic rings. The molecular formula is C61H38N4. The molecule has 0 aliphatic heterocycles. The molecule has 4 heterocycles. The van der Waals surface area contributed by atoms with Crippen LogP contribution >= 0.6 is 0 Å². The first-order valence-corrected chi connectivity index (χ1v) is 22.1. The van der Waals surface area contributed by atoms with Crippen molar-refractivity contribution in [1.29, 1.82) is 0 Å². The summed E-state index contributed by atoms with van der Waals surface area (Å²) in [5, 5.41) is 8.07. The average molecular weight is 827 g/mol. The second kappa shape index (κ2) is 15.0. The van der Waals surface area contributed by atoms with Crippen molar-refractivity contribution >= 4 is 65.3 Å². The van der Waals surface area contributed by atoms with Gasteiger partial charge in [0.25, 0.3) is 0 Å². The molecule has 4 nitrogen and oxygen atoms in total. The molecule has 4 aromatic heterocycles. The molecule has 0 fully saturated rings. The lowest BCUT2D eigenvalue weighted by molar-refractivity contribution is 1.18. The average Bonchev–Trinajstić information content (AvgIpc) is 3.73. The Morgan fingerprint density at radius 1 is 0.292 bits per heavy atom. The molecule has 302 valence electrons. The van der Waals surface area contributed by atoms with Crippen LogP contribution in [0.3, 0.4) is 0 Å². The van der Waals surface area contributed by atoms with E-state index >= 15 is 0 Å². The summed E-state index contributed by atoms with van der Waals surface area (Å²) in [7, 11) is 0. The van der Waals surface area contributed by atoms with Gasteiger partial charge in [0.05, 0.1) is 44.7 Å². The molecule has 0 N–H and O–H groups in total. The molecule has 0 saturated heterocycles.